The minimum atomic E-state index is -5.71. The lowest BCUT2D eigenvalue weighted by molar-refractivity contribution is -0.145. The quantitative estimate of drug-likeness (QED) is 0.337. The number of alkyl halides is 3. The molecule has 0 amide bonds. The Hall–Kier alpha value is -3.01. The second kappa shape index (κ2) is 9.63. The summed E-state index contributed by atoms with van der Waals surface area (Å²) in [5.41, 5.74) is -3.15. The number of carbonyl (C=O) groups is 1. The van der Waals surface area contributed by atoms with E-state index in [4.69, 9.17) is 4.74 Å². The summed E-state index contributed by atoms with van der Waals surface area (Å²) >= 11 is 0. The average Bonchev–Trinajstić information content (AvgIpc) is 3.18. The SMILES string of the molecule is C[C@]12CCC3c4ccc(OC(Cc5ccccc5)C(=O)O)cc4CCC3C1CC=C2OS(=O)(=O)C(F)(F)F. The van der Waals surface area contributed by atoms with Crippen LogP contribution in [-0.2, 0) is 31.9 Å². The van der Waals surface area contributed by atoms with Crippen LogP contribution in [0.25, 0.3) is 0 Å². The Kier molecular flexibility index (Phi) is 6.74. The lowest BCUT2D eigenvalue weighted by Crippen LogP contribution is -2.42. The van der Waals surface area contributed by atoms with E-state index >= 15 is 0 Å². The van der Waals surface area contributed by atoms with E-state index < -0.39 is 33.1 Å². The van der Waals surface area contributed by atoms with E-state index in [1.165, 1.54) is 6.08 Å². The third kappa shape index (κ3) is 4.79. The second-order valence-corrected chi connectivity index (χ2v) is 12.2. The number of hydrogen-bond donors (Lipinski definition) is 1. The molecule has 0 spiro atoms. The number of ether oxygens (including phenoxy) is 1. The van der Waals surface area contributed by atoms with Crippen LogP contribution in [0.15, 0.2) is 60.4 Å². The van der Waals surface area contributed by atoms with E-state index in [0.29, 0.717) is 31.4 Å². The highest BCUT2D eigenvalue weighted by molar-refractivity contribution is 7.87. The minimum Gasteiger partial charge on any atom is -0.478 e. The van der Waals surface area contributed by atoms with Crippen molar-refractivity contribution in [2.24, 2.45) is 17.3 Å². The maximum atomic E-state index is 13.0. The van der Waals surface area contributed by atoms with Crippen LogP contribution in [0.2, 0.25) is 0 Å². The van der Waals surface area contributed by atoms with Gasteiger partial charge < -0.3 is 14.0 Å². The van der Waals surface area contributed by atoms with Crippen molar-refractivity contribution in [3.8, 4) is 5.75 Å². The molecule has 0 aromatic heterocycles. The normalized spacial score (nSPS) is 27.4. The fourth-order valence-electron chi connectivity index (χ4n) is 6.63. The molecule has 10 heteroatoms. The zero-order chi connectivity index (χ0) is 27.3. The Morgan fingerprint density at radius 2 is 1.89 bits per heavy atom. The molecule has 2 aromatic carbocycles. The van der Waals surface area contributed by atoms with Gasteiger partial charge in [-0.1, -0.05) is 43.3 Å². The molecule has 0 radical (unpaired) electrons. The topological polar surface area (TPSA) is 89.9 Å². The highest BCUT2D eigenvalue weighted by Gasteiger charge is 2.56. The first-order valence-electron chi connectivity index (χ1n) is 12.7. The maximum Gasteiger partial charge on any atom is 0.534 e. The highest BCUT2D eigenvalue weighted by atomic mass is 32.2. The van der Waals surface area contributed by atoms with Gasteiger partial charge in [0.05, 0.1) is 0 Å². The zero-order valence-electron chi connectivity index (χ0n) is 20.8. The molecule has 1 fully saturated rings. The van der Waals surface area contributed by atoms with Gasteiger partial charge in [0, 0.05) is 11.8 Å². The van der Waals surface area contributed by atoms with Gasteiger partial charge in [-0.2, -0.15) is 21.6 Å². The van der Waals surface area contributed by atoms with Crippen molar-refractivity contribution >= 4 is 16.1 Å². The summed E-state index contributed by atoms with van der Waals surface area (Å²) in [7, 11) is -5.71. The van der Waals surface area contributed by atoms with Crippen molar-refractivity contribution in [1.82, 2.24) is 0 Å². The summed E-state index contributed by atoms with van der Waals surface area (Å²) in [4.78, 5) is 11.8. The molecule has 5 atom stereocenters. The van der Waals surface area contributed by atoms with Crippen molar-refractivity contribution in [3.05, 3.63) is 77.1 Å². The van der Waals surface area contributed by atoms with Gasteiger partial charge in [-0.15, -0.1) is 0 Å². The van der Waals surface area contributed by atoms with Gasteiger partial charge in [0.2, 0.25) is 0 Å². The first-order chi connectivity index (χ1) is 17.9. The molecule has 0 bridgehead atoms. The number of hydrogen-bond acceptors (Lipinski definition) is 5. The number of carboxylic acids is 1. The lowest BCUT2D eigenvalue weighted by Gasteiger charge is -2.49. The van der Waals surface area contributed by atoms with Gasteiger partial charge in [0.1, 0.15) is 11.5 Å². The Balaban J connectivity index is 1.32. The second-order valence-electron chi connectivity index (χ2n) is 10.7. The molecule has 0 aliphatic heterocycles. The Morgan fingerprint density at radius 3 is 2.58 bits per heavy atom. The van der Waals surface area contributed by atoms with Gasteiger partial charge in [0.25, 0.3) is 0 Å². The molecule has 0 saturated heterocycles. The number of rotatable bonds is 7. The van der Waals surface area contributed by atoms with Crippen LogP contribution >= 0.6 is 0 Å². The van der Waals surface area contributed by atoms with Crippen molar-refractivity contribution < 1.29 is 40.4 Å². The molecule has 0 heterocycles. The zero-order valence-corrected chi connectivity index (χ0v) is 21.6. The fourth-order valence-corrected chi connectivity index (χ4v) is 7.22. The fraction of sp³-hybridized carbons (Fsp3) is 0.464. The van der Waals surface area contributed by atoms with Crippen LogP contribution in [0.1, 0.15) is 55.2 Å². The van der Waals surface area contributed by atoms with Gasteiger partial charge >= 0.3 is 21.6 Å². The standard InChI is InChI=1S/C28H29F3O6S/c1-27-14-13-21-20-10-8-19(36-24(26(32)33)15-17-5-3-2-4-6-17)16-18(20)7-9-22(21)23(27)11-12-25(27)37-38(34,35)28(29,30)31/h2-6,8,10,12,16,21-24H,7,9,11,13-15H2,1H3,(H,32,33)/t21?,22?,23?,24?,27-/m0/s1. The van der Waals surface area contributed by atoms with Gasteiger partial charge in [-0.05, 0) is 84.8 Å². The van der Waals surface area contributed by atoms with Crippen LogP contribution < -0.4 is 4.74 Å². The number of halogens is 3. The first-order valence-corrected chi connectivity index (χ1v) is 14.1. The van der Waals surface area contributed by atoms with E-state index in [-0.39, 0.29) is 29.9 Å². The molecule has 1 N–H and O–H groups in total. The number of benzene rings is 2. The smallest absolute Gasteiger partial charge is 0.478 e. The Labute approximate surface area is 219 Å². The van der Waals surface area contributed by atoms with Crippen LogP contribution in [0, 0.1) is 17.3 Å². The summed E-state index contributed by atoms with van der Waals surface area (Å²) in [5.74, 6) is -0.322. The molecule has 1 saturated carbocycles. The highest BCUT2D eigenvalue weighted by Crippen LogP contribution is 2.61. The van der Waals surface area contributed by atoms with E-state index in [1.54, 1.807) is 6.07 Å². The van der Waals surface area contributed by atoms with Crippen molar-refractivity contribution in [2.75, 3.05) is 0 Å². The van der Waals surface area contributed by atoms with Crippen LogP contribution in [0.3, 0.4) is 0 Å². The third-order valence-corrected chi connectivity index (χ3v) is 9.47. The van der Waals surface area contributed by atoms with Crippen LogP contribution in [0.4, 0.5) is 13.2 Å². The van der Waals surface area contributed by atoms with E-state index in [0.717, 1.165) is 23.1 Å². The van der Waals surface area contributed by atoms with Gasteiger partial charge in [-0.25, -0.2) is 4.79 Å². The van der Waals surface area contributed by atoms with Crippen LogP contribution in [0.5, 0.6) is 5.75 Å². The Bertz CT molecular complexity index is 1350. The summed E-state index contributed by atoms with van der Waals surface area (Å²) < 4.78 is 72.8. The first kappa shape index (κ1) is 26.6. The molecular formula is C28H29F3O6S. The summed E-state index contributed by atoms with van der Waals surface area (Å²) in [6.07, 6.45) is 3.89. The van der Waals surface area contributed by atoms with Crippen LogP contribution in [-0.4, -0.2) is 31.1 Å². The van der Waals surface area contributed by atoms with Crippen molar-refractivity contribution in [3.63, 3.8) is 0 Å². The predicted octanol–water partition coefficient (Wildman–Crippen LogP) is 5.98. The van der Waals surface area contributed by atoms with E-state index in [9.17, 15) is 31.5 Å². The minimum absolute atomic E-state index is 0.0222. The monoisotopic (exact) mass is 550 g/mol. The third-order valence-electron chi connectivity index (χ3n) is 8.51. The molecule has 6 nitrogen and oxygen atoms in total. The molecule has 3 aliphatic rings. The van der Waals surface area contributed by atoms with Crippen molar-refractivity contribution in [2.45, 2.75) is 63.0 Å². The summed E-state index contributed by atoms with van der Waals surface area (Å²) in [5, 5.41) is 9.70. The number of carboxylic acid groups (broad SMARTS) is 1. The average molecular weight is 551 g/mol. The summed E-state index contributed by atoms with van der Waals surface area (Å²) in [6, 6.07) is 14.9. The molecule has 204 valence electrons. The molecule has 3 aliphatic carbocycles. The maximum absolute atomic E-state index is 13.0. The van der Waals surface area contributed by atoms with Crippen molar-refractivity contribution in [1.29, 1.82) is 0 Å². The summed E-state index contributed by atoms with van der Waals surface area (Å²) in [6.45, 7) is 1.81. The van der Waals surface area contributed by atoms with Gasteiger partial charge in [-0.3, -0.25) is 0 Å². The lowest BCUT2D eigenvalue weighted by atomic mass is 9.55. The number of fused-ring (bicyclic) bond motifs is 5. The number of aryl methyl sites for hydroxylation is 1. The Morgan fingerprint density at radius 1 is 1.16 bits per heavy atom. The molecule has 4 unspecified atom stereocenters. The largest absolute Gasteiger partial charge is 0.534 e. The van der Waals surface area contributed by atoms with E-state index in [1.807, 2.05) is 49.4 Å². The van der Waals surface area contributed by atoms with Gasteiger partial charge in [0.15, 0.2) is 6.10 Å². The predicted molar refractivity (Wildman–Crippen MR) is 133 cm³/mol. The number of aliphatic carboxylic acids is 1. The number of allylic oxidation sites excluding steroid dienone is 2. The molecule has 2 aromatic rings. The molecule has 5 rings (SSSR count). The molecule has 38 heavy (non-hydrogen) atoms. The van der Waals surface area contributed by atoms with E-state index in [2.05, 4.69) is 4.18 Å². The molecular weight excluding hydrogens is 521 g/mol.